The molecule has 1 heterocycles. The van der Waals surface area contributed by atoms with Gasteiger partial charge in [0.05, 0.1) is 13.1 Å². The second kappa shape index (κ2) is 4.69. The fourth-order valence-corrected chi connectivity index (χ4v) is 2.10. The van der Waals surface area contributed by atoms with Crippen LogP contribution < -0.4 is 5.32 Å². The molecular formula is C14H25N3O2. The summed E-state index contributed by atoms with van der Waals surface area (Å²) in [6.07, 6.45) is 0.912. The summed E-state index contributed by atoms with van der Waals surface area (Å²) < 4.78 is 5.39. The molecule has 1 atom stereocenters. The number of carbonyl (C=O) groups excluding carboxylic acids is 1. The van der Waals surface area contributed by atoms with Gasteiger partial charge in [0, 0.05) is 12.6 Å². The Bertz CT molecular complexity index is 396. The second-order valence-electron chi connectivity index (χ2n) is 7.12. The number of nitrogens with zero attached hydrogens (tertiary/aromatic N) is 2. The molecule has 5 nitrogen and oxygen atoms in total. The first-order valence-corrected chi connectivity index (χ1v) is 6.95. The van der Waals surface area contributed by atoms with Crippen molar-refractivity contribution < 1.29 is 9.53 Å². The third-order valence-corrected chi connectivity index (χ3v) is 3.52. The molecule has 0 saturated heterocycles. The average molecular weight is 267 g/mol. The largest absolute Gasteiger partial charge is 0.444 e. The lowest BCUT2D eigenvalue weighted by molar-refractivity contribution is 0.0276. The van der Waals surface area contributed by atoms with E-state index in [1.54, 1.807) is 4.90 Å². The van der Waals surface area contributed by atoms with Crippen LogP contribution in [-0.2, 0) is 4.74 Å². The minimum atomic E-state index is -0.447. The lowest BCUT2D eigenvalue weighted by Gasteiger charge is -2.30. The van der Waals surface area contributed by atoms with Crippen molar-refractivity contribution in [3.63, 3.8) is 0 Å². The number of hydrogen-bond donors (Lipinski definition) is 1. The average Bonchev–Trinajstić information content (AvgIpc) is 2.84. The molecule has 1 fully saturated rings. The third kappa shape index (κ3) is 3.85. The van der Waals surface area contributed by atoms with Crippen molar-refractivity contribution in [1.29, 1.82) is 0 Å². The Kier molecular flexibility index (Phi) is 3.49. The zero-order chi connectivity index (χ0) is 14.3. The fraction of sp³-hybridized carbons (Fsp3) is 0.857. The smallest absolute Gasteiger partial charge is 0.410 e. The number of ether oxygens (including phenoxy) is 1. The van der Waals surface area contributed by atoms with Crippen LogP contribution in [0.2, 0.25) is 0 Å². The number of amidine groups is 1. The first kappa shape index (κ1) is 14.2. The van der Waals surface area contributed by atoms with Gasteiger partial charge in [-0.3, -0.25) is 9.89 Å². The van der Waals surface area contributed by atoms with Gasteiger partial charge >= 0.3 is 6.09 Å². The van der Waals surface area contributed by atoms with Gasteiger partial charge in [-0.2, -0.15) is 0 Å². The van der Waals surface area contributed by atoms with Crippen LogP contribution in [0.15, 0.2) is 4.99 Å². The molecule has 0 radical (unpaired) electrons. The Morgan fingerprint density at radius 2 is 2.11 bits per heavy atom. The summed E-state index contributed by atoms with van der Waals surface area (Å²) in [5, 5.41) is 3.43. The molecule has 1 N–H and O–H groups in total. The SMILES string of the molecule is CC(C)(C)OC(=O)N1CCN=C(NC2CC2(C)C)C1. The number of rotatable bonds is 1. The molecule has 2 aliphatic rings. The van der Waals surface area contributed by atoms with E-state index >= 15 is 0 Å². The topological polar surface area (TPSA) is 53.9 Å². The highest BCUT2D eigenvalue weighted by molar-refractivity contribution is 5.88. The lowest BCUT2D eigenvalue weighted by atomic mass is 10.2. The maximum Gasteiger partial charge on any atom is 0.410 e. The van der Waals surface area contributed by atoms with Crippen LogP contribution in [0.5, 0.6) is 0 Å². The Balaban J connectivity index is 1.86. The zero-order valence-corrected chi connectivity index (χ0v) is 12.6. The van der Waals surface area contributed by atoms with E-state index in [0.717, 1.165) is 5.84 Å². The van der Waals surface area contributed by atoms with Crippen molar-refractivity contribution in [3.8, 4) is 0 Å². The molecule has 0 spiro atoms. The first-order chi connectivity index (χ1) is 8.67. The van der Waals surface area contributed by atoms with Crippen molar-refractivity contribution >= 4 is 11.9 Å². The number of aliphatic imine (C=N–C) groups is 1. The summed E-state index contributed by atoms with van der Waals surface area (Å²) >= 11 is 0. The molecule has 0 bridgehead atoms. The quantitative estimate of drug-likeness (QED) is 0.791. The Labute approximate surface area is 115 Å². The van der Waals surface area contributed by atoms with E-state index < -0.39 is 5.60 Å². The number of carbonyl (C=O) groups is 1. The molecule has 108 valence electrons. The molecule has 1 amide bonds. The standard InChI is InChI=1S/C14H25N3O2/c1-13(2,3)19-12(18)17-7-6-15-11(9-17)16-10-8-14(10,4)5/h10H,6-9H2,1-5H3,(H,15,16). The maximum absolute atomic E-state index is 12.0. The molecule has 5 heteroatoms. The molecular weight excluding hydrogens is 242 g/mol. The van der Waals surface area contributed by atoms with Gasteiger partial charge in [-0.15, -0.1) is 0 Å². The Morgan fingerprint density at radius 3 is 2.63 bits per heavy atom. The maximum atomic E-state index is 12.0. The zero-order valence-electron chi connectivity index (χ0n) is 12.6. The Hall–Kier alpha value is -1.26. The van der Waals surface area contributed by atoms with E-state index in [0.29, 0.717) is 31.1 Å². The van der Waals surface area contributed by atoms with Crippen molar-refractivity contribution in [1.82, 2.24) is 10.2 Å². The summed E-state index contributed by atoms with van der Waals surface area (Å²) in [6.45, 7) is 11.9. The molecule has 0 aromatic rings. The van der Waals surface area contributed by atoms with E-state index in [4.69, 9.17) is 4.74 Å². The van der Waals surface area contributed by atoms with Gasteiger partial charge < -0.3 is 10.1 Å². The summed E-state index contributed by atoms with van der Waals surface area (Å²) in [5.41, 5.74) is -0.0888. The minimum absolute atomic E-state index is 0.253. The van der Waals surface area contributed by atoms with Crippen LogP contribution in [0.1, 0.15) is 41.0 Å². The molecule has 1 aliphatic heterocycles. The van der Waals surface area contributed by atoms with Crippen LogP contribution in [0.25, 0.3) is 0 Å². The molecule has 1 saturated carbocycles. The van der Waals surface area contributed by atoms with Gasteiger partial charge in [0.15, 0.2) is 0 Å². The minimum Gasteiger partial charge on any atom is -0.444 e. The summed E-state index contributed by atoms with van der Waals surface area (Å²) in [5.74, 6) is 0.910. The van der Waals surface area contributed by atoms with Gasteiger partial charge in [-0.05, 0) is 32.6 Å². The highest BCUT2D eigenvalue weighted by Gasteiger charge is 2.46. The highest BCUT2D eigenvalue weighted by Crippen LogP contribution is 2.44. The van der Waals surface area contributed by atoms with E-state index in [2.05, 4.69) is 24.2 Å². The van der Waals surface area contributed by atoms with E-state index in [1.807, 2.05) is 20.8 Å². The monoisotopic (exact) mass is 267 g/mol. The molecule has 19 heavy (non-hydrogen) atoms. The predicted octanol–water partition coefficient (Wildman–Crippen LogP) is 2.02. The number of amides is 1. The van der Waals surface area contributed by atoms with Gasteiger partial charge in [0.2, 0.25) is 0 Å². The fourth-order valence-electron chi connectivity index (χ4n) is 2.10. The second-order valence-corrected chi connectivity index (χ2v) is 7.12. The van der Waals surface area contributed by atoms with Gasteiger partial charge in [0.25, 0.3) is 0 Å². The van der Waals surface area contributed by atoms with E-state index in [9.17, 15) is 4.79 Å². The first-order valence-electron chi connectivity index (χ1n) is 6.95. The highest BCUT2D eigenvalue weighted by atomic mass is 16.6. The van der Waals surface area contributed by atoms with Crippen molar-refractivity contribution in [2.24, 2.45) is 10.4 Å². The molecule has 2 rings (SSSR count). The van der Waals surface area contributed by atoms with Crippen molar-refractivity contribution in [3.05, 3.63) is 0 Å². The summed E-state index contributed by atoms with van der Waals surface area (Å²) in [4.78, 5) is 18.2. The van der Waals surface area contributed by atoms with Crippen LogP contribution in [-0.4, -0.2) is 48.1 Å². The predicted molar refractivity (Wildman–Crippen MR) is 75.4 cm³/mol. The van der Waals surface area contributed by atoms with Crippen LogP contribution in [0.4, 0.5) is 4.79 Å². The molecule has 1 aliphatic carbocycles. The van der Waals surface area contributed by atoms with Crippen LogP contribution in [0, 0.1) is 5.41 Å². The van der Waals surface area contributed by atoms with Gasteiger partial charge in [0.1, 0.15) is 11.4 Å². The van der Waals surface area contributed by atoms with Crippen LogP contribution in [0.3, 0.4) is 0 Å². The van der Waals surface area contributed by atoms with Gasteiger partial charge in [-0.25, -0.2) is 4.79 Å². The van der Waals surface area contributed by atoms with Gasteiger partial charge in [-0.1, -0.05) is 13.8 Å². The van der Waals surface area contributed by atoms with Crippen LogP contribution >= 0.6 is 0 Å². The van der Waals surface area contributed by atoms with E-state index in [1.165, 1.54) is 6.42 Å². The molecule has 0 aromatic heterocycles. The van der Waals surface area contributed by atoms with Crippen molar-refractivity contribution in [2.45, 2.75) is 52.7 Å². The number of hydrogen-bond acceptors (Lipinski definition) is 4. The summed E-state index contributed by atoms with van der Waals surface area (Å²) in [7, 11) is 0. The third-order valence-electron chi connectivity index (χ3n) is 3.52. The van der Waals surface area contributed by atoms with E-state index in [-0.39, 0.29) is 6.09 Å². The summed E-state index contributed by atoms with van der Waals surface area (Å²) in [6, 6.07) is 0.491. The molecule has 0 aromatic carbocycles. The number of nitrogens with one attached hydrogen (secondary N) is 1. The Morgan fingerprint density at radius 1 is 1.47 bits per heavy atom. The molecule has 1 unspecified atom stereocenters. The lowest BCUT2D eigenvalue weighted by Crippen LogP contribution is -2.48. The van der Waals surface area contributed by atoms with Crippen molar-refractivity contribution in [2.75, 3.05) is 19.6 Å². The normalized spacial score (nSPS) is 25.6.